The van der Waals surface area contributed by atoms with E-state index in [1.807, 2.05) is 30.8 Å². The Morgan fingerprint density at radius 2 is 2.22 bits per heavy atom. The third-order valence-electron chi connectivity index (χ3n) is 2.68. The first-order valence-electron chi connectivity index (χ1n) is 5.87. The highest BCUT2D eigenvalue weighted by Crippen LogP contribution is 2.16. The Kier molecular flexibility index (Phi) is 6.24. The topological polar surface area (TPSA) is 61.4 Å². The van der Waals surface area contributed by atoms with Gasteiger partial charge in [0.1, 0.15) is 0 Å². The van der Waals surface area contributed by atoms with E-state index in [1.54, 1.807) is 18.4 Å². The van der Waals surface area contributed by atoms with Gasteiger partial charge >= 0.3 is 0 Å². The number of nitrogens with one attached hydrogen (secondary N) is 2. The molecule has 5 nitrogen and oxygen atoms in total. The molecule has 1 heterocycles. The van der Waals surface area contributed by atoms with E-state index in [1.165, 1.54) is 4.31 Å². The molecular weight excluding hydrogens is 270 g/mol. The molecule has 1 rings (SSSR count). The van der Waals surface area contributed by atoms with Crippen LogP contribution in [0.15, 0.2) is 16.8 Å². The van der Waals surface area contributed by atoms with Gasteiger partial charge in [-0.2, -0.15) is 28.8 Å². The van der Waals surface area contributed by atoms with Crippen molar-refractivity contribution in [3.63, 3.8) is 0 Å². The summed E-state index contributed by atoms with van der Waals surface area (Å²) in [4.78, 5) is 0. The molecule has 7 heteroatoms. The lowest BCUT2D eigenvalue weighted by Gasteiger charge is -2.20. The van der Waals surface area contributed by atoms with Crippen LogP contribution in [0.4, 0.5) is 0 Å². The van der Waals surface area contributed by atoms with E-state index in [0.29, 0.717) is 6.54 Å². The fourth-order valence-corrected chi connectivity index (χ4v) is 3.39. The standard InChI is InChI=1S/C11H21N3O2S2/c1-10(11-5-8-17-9-11)13-18(15,16)14(3)7-4-6-12-2/h5,8-10,12-13H,4,6-7H2,1-3H3. The molecule has 0 amide bonds. The Balaban J connectivity index is 2.53. The first-order valence-corrected chi connectivity index (χ1v) is 8.26. The van der Waals surface area contributed by atoms with E-state index in [-0.39, 0.29) is 6.04 Å². The van der Waals surface area contributed by atoms with Crippen LogP contribution in [-0.4, -0.2) is 39.9 Å². The molecule has 0 aliphatic heterocycles. The molecule has 0 bridgehead atoms. The molecule has 1 aromatic rings. The van der Waals surface area contributed by atoms with Gasteiger partial charge in [0.2, 0.25) is 0 Å². The van der Waals surface area contributed by atoms with Crippen LogP contribution in [0.2, 0.25) is 0 Å². The predicted molar refractivity (Wildman–Crippen MR) is 76.0 cm³/mol. The summed E-state index contributed by atoms with van der Waals surface area (Å²) in [5.74, 6) is 0. The quantitative estimate of drug-likeness (QED) is 0.707. The number of hydrogen-bond acceptors (Lipinski definition) is 4. The number of nitrogens with zero attached hydrogens (tertiary/aromatic N) is 1. The van der Waals surface area contributed by atoms with Gasteiger partial charge in [-0.1, -0.05) is 0 Å². The van der Waals surface area contributed by atoms with Crippen LogP contribution in [0.25, 0.3) is 0 Å². The largest absolute Gasteiger partial charge is 0.320 e. The van der Waals surface area contributed by atoms with Crippen molar-refractivity contribution in [2.45, 2.75) is 19.4 Å². The fraction of sp³-hybridized carbons (Fsp3) is 0.636. The third-order valence-corrected chi connectivity index (χ3v) is 5.04. The summed E-state index contributed by atoms with van der Waals surface area (Å²) >= 11 is 1.56. The minimum Gasteiger partial charge on any atom is -0.320 e. The van der Waals surface area contributed by atoms with Crippen LogP contribution in [0.1, 0.15) is 24.9 Å². The van der Waals surface area contributed by atoms with E-state index >= 15 is 0 Å². The lowest BCUT2D eigenvalue weighted by atomic mass is 10.2. The van der Waals surface area contributed by atoms with Crippen molar-refractivity contribution in [3.05, 3.63) is 22.4 Å². The highest BCUT2D eigenvalue weighted by molar-refractivity contribution is 7.87. The van der Waals surface area contributed by atoms with Crippen molar-refractivity contribution in [3.8, 4) is 0 Å². The van der Waals surface area contributed by atoms with Crippen molar-refractivity contribution in [1.82, 2.24) is 14.3 Å². The second kappa shape index (κ2) is 7.20. The Morgan fingerprint density at radius 3 is 2.78 bits per heavy atom. The molecule has 0 fully saturated rings. The molecule has 0 saturated heterocycles. The van der Waals surface area contributed by atoms with Gasteiger partial charge in [-0.25, -0.2) is 0 Å². The first-order chi connectivity index (χ1) is 8.47. The number of thiophene rings is 1. The molecule has 1 atom stereocenters. The SMILES string of the molecule is CNCCCN(C)S(=O)(=O)NC(C)c1ccsc1. The summed E-state index contributed by atoms with van der Waals surface area (Å²) in [5.41, 5.74) is 0.993. The summed E-state index contributed by atoms with van der Waals surface area (Å²) in [6.07, 6.45) is 0.792. The highest BCUT2D eigenvalue weighted by atomic mass is 32.2. The Bertz CT molecular complexity index is 431. The van der Waals surface area contributed by atoms with Gasteiger partial charge in [-0.05, 0) is 49.3 Å². The minimum atomic E-state index is -3.41. The molecule has 2 N–H and O–H groups in total. The van der Waals surface area contributed by atoms with Crippen molar-refractivity contribution >= 4 is 21.5 Å². The molecule has 0 saturated carbocycles. The van der Waals surface area contributed by atoms with Crippen LogP contribution >= 0.6 is 11.3 Å². The third kappa shape index (κ3) is 4.66. The molecule has 18 heavy (non-hydrogen) atoms. The van der Waals surface area contributed by atoms with Gasteiger partial charge in [0, 0.05) is 19.6 Å². The summed E-state index contributed by atoms with van der Waals surface area (Å²) in [6.45, 7) is 3.16. The number of rotatable bonds is 8. The zero-order chi connectivity index (χ0) is 13.6. The van der Waals surface area contributed by atoms with Crippen LogP contribution in [0.5, 0.6) is 0 Å². The van der Waals surface area contributed by atoms with Gasteiger partial charge in [-0.15, -0.1) is 0 Å². The van der Waals surface area contributed by atoms with E-state index in [4.69, 9.17) is 0 Å². The molecule has 1 aromatic heterocycles. The second-order valence-corrected chi connectivity index (χ2v) is 6.77. The lowest BCUT2D eigenvalue weighted by molar-refractivity contribution is 0.441. The molecule has 0 radical (unpaired) electrons. The van der Waals surface area contributed by atoms with Crippen LogP contribution in [-0.2, 0) is 10.2 Å². The maximum absolute atomic E-state index is 12.0. The molecule has 104 valence electrons. The summed E-state index contributed by atoms with van der Waals surface area (Å²) in [6, 6.07) is 1.73. The Hall–Kier alpha value is -0.470. The second-order valence-electron chi connectivity index (χ2n) is 4.18. The van der Waals surface area contributed by atoms with E-state index in [9.17, 15) is 8.42 Å². The van der Waals surface area contributed by atoms with Gasteiger partial charge < -0.3 is 5.32 Å². The average molecular weight is 291 g/mol. The highest BCUT2D eigenvalue weighted by Gasteiger charge is 2.20. The van der Waals surface area contributed by atoms with Crippen molar-refractivity contribution in [2.24, 2.45) is 0 Å². The van der Waals surface area contributed by atoms with E-state index in [2.05, 4.69) is 10.0 Å². The first kappa shape index (κ1) is 15.6. The van der Waals surface area contributed by atoms with E-state index < -0.39 is 10.2 Å². The van der Waals surface area contributed by atoms with Crippen molar-refractivity contribution in [1.29, 1.82) is 0 Å². The number of hydrogen-bond donors (Lipinski definition) is 2. The molecule has 0 aliphatic carbocycles. The molecule has 0 spiro atoms. The molecule has 1 unspecified atom stereocenters. The average Bonchev–Trinajstić information content (AvgIpc) is 2.82. The summed E-state index contributed by atoms with van der Waals surface area (Å²) < 4.78 is 28.1. The summed E-state index contributed by atoms with van der Waals surface area (Å²) in [7, 11) is 0.0423. The van der Waals surface area contributed by atoms with Gasteiger partial charge in [0.15, 0.2) is 0 Å². The Labute approximate surface area is 113 Å². The van der Waals surface area contributed by atoms with Crippen LogP contribution in [0.3, 0.4) is 0 Å². The van der Waals surface area contributed by atoms with Gasteiger partial charge in [0.05, 0.1) is 0 Å². The predicted octanol–water partition coefficient (Wildman–Crippen LogP) is 1.18. The molecule has 0 aliphatic rings. The minimum absolute atomic E-state index is 0.201. The maximum atomic E-state index is 12.0. The zero-order valence-electron chi connectivity index (χ0n) is 11.0. The summed E-state index contributed by atoms with van der Waals surface area (Å²) in [5, 5.41) is 6.89. The van der Waals surface area contributed by atoms with Crippen LogP contribution in [0, 0.1) is 0 Å². The van der Waals surface area contributed by atoms with Crippen LogP contribution < -0.4 is 10.0 Å². The molecular formula is C11H21N3O2S2. The van der Waals surface area contributed by atoms with Gasteiger partial charge in [-0.3, -0.25) is 0 Å². The zero-order valence-corrected chi connectivity index (χ0v) is 12.6. The smallest absolute Gasteiger partial charge is 0.279 e. The molecule has 0 aromatic carbocycles. The fourth-order valence-electron chi connectivity index (χ4n) is 1.50. The monoisotopic (exact) mass is 291 g/mol. The van der Waals surface area contributed by atoms with E-state index in [0.717, 1.165) is 18.5 Å². The lowest BCUT2D eigenvalue weighted by Crippen LogP contribution is -2.40. The van der Waals surface area contributed by atoms with Crippen molar-refractivity contribution in [2.75, 3.05) is 27.2 Å². The normalized spacial score (nSPS) is 14.0. The Morgan fingerprint density at radius 1 is 1.50 bits per heavy atom. The van der Waals surface area contributed by atoms with Gasteiger partial charge in [0.25, 0.3) is 10.2 Å². The van der Waals surface area contributed by atoms with Crippen molar-refractivity contribution < 1.29 is 8.42 Å². The maximum Gasteiger partial charge on any atom is 0.279 e.